The lowest BCUT2D eigenvalue weighted by atomic mass is 10.1. The van der Waals surface area contributed by atoms with Crippen molar-refractivity contribution in [3.05, 3.63) is 42.0 Å². The van der Waals surface area contributed by atoms with Crippen molar-refractivity contribution < 1.29 is 0 Å². The number of hydrogen-bond donors (Lipinski definition) is 1. The van der Waals surface area contributed by atoms with E-state index < -0.39 is 0 Å². The molecule has 0 amide bonds. The van der Waals surface area contributed by atoms with E-state index in [1.165, 1.54) is 16.0 Å². The number of benzene rings is 1. The van der Waals surface area contributed by atoms with Gasteiger partial charge in [0.2, 0.25) is 0 Å². The van der Waals surface area contributed by atoms with Crippen LogP contribution in [0, 0.1) is 6.92 Å². The van der Waals surface area contributed by atoms with Crippen molar-refractivity contribution in [2.24, 2.45) is 0 Å². The molecule has 0 saturated carbocycles. The van der Waals surface area contributed by atoms with Crippen molar-refractivity contribution in [2.75, 3.05) is 12.3 Å². The van der Waals surface area contributed by atoms with Crippen LogP contribution in [0.15, 0.2) is 41.3 Å². The molecule has 0 aliphatic carbocycles. The van der Waals surface area contributed by atoms with Crippen LogP contribution in [0.5, 0.6) is 0 Å². The van der Waals surface area contributed by atoms with Crippen molar-refractivity contribution in [1.82, 2.24) is 5.32 Å². The molecule has 2 heteroatoms. The zero-order valence-electron chi connectivity index (χ0n) is 11.3. The van der Waals surface area contributed by atoms with E-state index in [0.717, 1.165) is 12.3 Å². The Morgan fingerprint density at radius 3 is 2.53 bits per heavy atom. The first kappa shape index (κ1) is 14.3. The van der Waals surface area contributed by atoms with Gasteiger partial charge in [-0.25, -0.2) is 0 Å². The molecule has 0 unspecified atom stereocenters. The average molecular weight is 249 g/mol. The van der Waals surface area contributed by atoms with Gasteiger partial charge in [-0.05, 0) is 39.3 Å². The normalized spacial score (nSPS) is 11.5. The summed E-state index contributed by atoms with van der Waals surface area (Å²) in [4.78, 5) is 1.35. The van der Waals surface area contributed by atoms with Gasteiger partial charge >= 0.3 is 0 Å². The van der Waals surface area contributed by atoms with Crippen LogP contribution in [0.3, 0.4) is 0 Å². The minimum atomic E-state index is 0.163. The summed E-state index contributed by atoms with van der Waals surface area (Å²) in [7, 11) is 0. The topological polar surface area (TPSA) is 12.0 Å². The second kappa shape index (κ2) is 6.27. The molecule has 0 aromatic heterocycles. The molecule has 0 heterocycles. The van der Waals surface area contributed by atoms with Crippen molar-refractivity contribution in [2.45, 2.75) is 38.1 Å². The zero-order valence-corrected chi connectivity index (χ0v) is 12.2. The van der Waals surface area contributed by atoms with E-state index in [9.17, 15) is 0 Å². The molecule has 0 spiro atoms. The van der Waals surface area contributed by atoms with Crippen LogP contribution < -0.4 is 5.32 Å². The van der Waals surface area contributed by atoms with Gasteiger partial charge in [-0.3, -0.25) is 0 Å². The average Bonchev–Trinajstić information content (AvgIpc) is 2.24. The Balaban J connectivity index is 2.36. The summed E-state index contributed by atoms with van der Waals surface area (Å²) in [5.41, 5.74) is 2.75. The van der Waals surface area contributed by atoms with Gasteiger partial charge in [0, 0.05) is 22.7 Å². The Labute approximate surface area is 110 Å². The highest BCUT2D eigenvalue weighted by molar-refractivity contribution is 7.99. The first-order valence-electron chi connectivity index (χ1n) is 5.98. The molecular formula is C15H23NS. The molecule has 17 heavy (non-hydrogen) atoms. The monoisotopic (exact) mass is 249 g/mol. The van der Waals surface area contributed by atoms with E-state index in [1.54, 1.807) is 0 Å². The maximum atomic E-state index is 4.12. The second-order valence-corrected chi connectivity index (χ2v) is 6.42. The summed E-state index contributed by atoms with van der Waals surface area (Å²) < 4.78 is 0. The van der Waals surface area contributed by atoms with E-state index in [0.29, 0.717) is 0 Å². The van der Waals surface area contributed by atoms with Crippen LogP contribution in [-0.2, 0) is 0 Å². The number of hydrogen-bond acceptors (Lipinski definition) is 2. The van der Waals surface area contributed by atoms with Crippen LogP contribution >= 0.6 is 11.8 Å². The Morgan fingerprint density at radius 2 is 1.94 bits per heavy atom. The largest absolute Gasteiger partial charge is 0.308 e. The van der Waals surface area contributed by atoms with Gasteiger partial charge in [-0.15, -0.1) is 11.8 Å². The quantitative estimate of drug-likeness (QED) is 0.624. The summed E-state index contributed by atoms with van der Waals surface area (Å²) >= 11 is 1.87. The number of rotatable bonds is 5. The molecule has 1 aromatic rings. The van der Waals surface area contributed by atoms with Gasteiger partial charge in [0.25, 0.3) is 0 Å². The van der Waals surface area contributed by atoms with Gasteiger partial charge in [-0.1, -0.05) is 30.4 Å². The summed E-state index contributed by atoms with van der Waals surface area (Å²) in [6.45, 7) is 13.7. The predicted octanol–water partition coefficient (Wildman–Crippen LogP) is 4.03. The molecule has 0 bridgehead atoms. The van der Waals surface area contributed by atoms with Crippen molar-refractivity contribution >= 4 is 11.8 Å². The fraction of sp³-hybridized carbons (Fsp3) is 0.467. The summed E-state index contributed by atoms with van der Waals surface area (Å²) in [6.07, 6.45) is 0. The van der Waals surface area contributed by atoms with Crippen LogP contribution in [0.1, 0.15) is 26.3 Å². The lowest BCUT2D eigenvalue weighted by Crippen LogP contribution is -2.37. The van der Waals surface area contributed by atoms with E-state index in [1.807, 2.05) is 11.8 Å². The number of nitrogens with one attached hydrogen (secondary N) is 1. The standard InChI is InChI=1S/C15H23NS/c1-12(10-16-15(3,4)5)11-17-14-9-7-6-8-13(14)2/h6-9,16H,1,10-11H2,2-5H3. The van der Waals surface area contributed by atoms with E-state index in [-0.39, 0.29) is 5.54 Å². The van der Waals surface area contributed by atoms with Crippen molar-refractivity contribution in [1.29, 1.82) is 0 Å². The van der Waals surface area contributed by atoms with E-state index >= 15 is 0 Å². The predicted molar refractivity (Wildman–Crippen MR) is 78.8 cm³/mol. The second-order valence-electron chi connectivity index (χ2n) is 5.41. The van der Waals surface area contributed by atoms with Gasteiger partial charge in [0.05, 0.1) is 0 Å². The smallest absolute Gasteiger partial charge is 0.0200 e. The molecule has 1 rings (SSSR count). The highest BCUT2D eigenvalue weighted by Crippen LogP contribution is 2.23. The fourth-order valence-electron chi connectivity index (χ4n) is 1.34. The third-order valence-corrected chi connectivity index (χ3v) is 3.72. The third-order valence-electron chi connectivity index (χ3n) is 2.39. The first-order chi connectivity index (χ1) is 7.88. The molecule has 0 aliphatic rings. The fourth-order valence-corrected chi connectivity index (χ4v) is 2.27. The van der Waals surface area contributed by atoms with Crippen LogP contribution in [0.4, 0.5) is 0 Å². The lowest BCUT2D eigenvalue weighted by Gasteiger charge is -2.21. The van der Waals surface area contributed by atoms with Gasteiger partial charge in [0.1, 0.15) is 0 Å². The molecule has 0 aliphatic heterocycles. The molecule has 1 nitrogen and oxygen atoms in total. The summed E-state index contributed by atoms with van der Waals surface area (Å²) in [5.74, 6) is 0.980. The molecule has 0 fully saturated rings. The van der Waals surface area contributed by atoms with Gasteiger partial charge in [0.15, 0.2) is 0 Å². The van der Waals surface area contributed by atoms with E-state index in [4.69, 9.17) is 0 Å². The van der Waals surface area contributed by atoms with Gasteiger partial charge < -0.3 is 5.32 Å². The summed E-state index contributed by atoms with van der Waals surface area (Å²) in [6, 6.07) is 8.49. The van der Waals surface area contributed by atoms with Crippen LogP contribution in [0.2, 0.25) is 0 Å². The molecule has 0 radical (unpaired) electrons. The highest BCUT2D eigenvalue weighted by atomic mass is 32.2. The number of thioether (sulfide) groups is 1. The zero-order chi connectivity index (χ0) is 12.9. The molecule has 0 saturated heterocycles. The van der Waals surface area contributed by atoms with Gasteiger partial charge in [-0.2, -0.15) is 0 Å². The molecule has 0 atom stereocenters. The van der Waals surface area contributed by atoms with Crippen molar-refractivity contribution in [3.63, 3.8) is 0 Å². The maximum absolute atomic E-state index is 4.12. The molecule has 1 N–H and O–H groups in total. The number of aryl methyl sites for hydroxylation is 1. The molecule has 1 aromatic carbocycles. The van der Waals surface area contributed by atoms with Crippen LogP contribution in [-0.4, -0.2) is 17.8 Å². The molecule has 94 valence electrons. The third kappa shape index (κ3) is 5.94. The first-order valence-corrected chi connectivity index (χ1v) is 6.97. The maximum Gasteiger partial charge on any atom is 0.0200 e. The Kier molecular flexibility index (Phi) is 5.29. The molecular weight excluding hydrogens is 226 g/mol. The minimum absolute atomic E-state index is 0.163. The Morgan fingerprint density at radius 1 is 1.29 bits per heavy atom. The summed E-state index contributed by atoms with van der Waals surface area (Å²) in [5, 5.41) is 3.46. The van der Waals surface area contributed by atoms with Crippen LogP contribution in [0.25, 0.3) is 0 Å². The minimum Gasteiger partial charge on any atom is -0.308 e. The SMILES string of the molecule is C=C(CNC(C)(C)C)CSc1ccccc1C. The lowest BCUT2D eigenvalue weighted by molar-refractivity contribution is 0.445. The highest BCUT2D eigenvalue weighted by Gasteiger charge is 2.08. The van der Waals surface area contributed by atoms with Crippen molar-refractivity contribution in [3.8, 4) is 0 Å². The van der Waals surface area contributed by atoms with E-state index in [2.05, 4.69) is 63.9 Å². The Hall–Kier alpha value is -0.730. The Bertz CT molecular complexity index is 377.